The molecule has 0 bridgehead atoms. The van der Waals surface area contributed by atoms with E-state index in [1.807, 2.05) is 12.3 Å². The van der Waals surface area contributed by atoms with Gasteiger partial charge >= 0.3 is 0 Å². The molecule has 0 saturated heterocycles. The van der Waals surface area contributed by atoms with Crippen LogP contribution < -0.4 is 10.6 Å². The first-order valence-electron chi connectivity index (χ1n) is 13.8. The van der Waals surface area contributed by atoms with Gasteiger partial charge in [0, 0.05) is 29.0 Å². The Kier molecular flexibility index (Phi) is 7.84. The highest BCUT2D eigenvalue weighted by atomic mass is 15.1. The molecule has 0 aliphatic carbocycles. The third kappa shape index (κ3) is 6.00. The van der Waals surface area contributed by atoms with Crippen LogP contribution in [0.4, 0.5) is 28.4 Å². The summed E-state index contributed by atoms with van der Waals surface area (Å²) in [6, 6.07) is 36.6. The van der Waals surface area contributed by atoms with Crippen molar-refractivity contribution in [2.75, 3.05) is 10.6 Å². The molecular weight excluding hydrogens is 486 g/mol. The zero-order valence-corrected chi connectivity index (χ0v) is 24.1. The highest BCUT2D eigenvalue weighted by Gasteiger charge is 2.12. The minimum atomic E-state index is 0.883. The standard InChI is InChI=1S/C37H37N3/c1-25-11-15-34(16-12-25)40(33-9-7-6-8-10-33)35-17-13-30(14-18-35)24-39-37-28(4)21-32(22-29(37)5)23-31-19-26(2)36(38)27(3)20-31/h6-22,24H,23,38H2,1-5H3. The molecule has 0 radical (unpaired) electrons. The maximum Gasteiger partial charge on any atom is 0.0688 e. The third-order valence-corrected chi connectivity index (χ3v) is 7.41. The fraction of sp³-hybridized carbons (Fsp3) is 0.162. The van der Waals surface area contributed by atoms with Crippen LogP contribution in [0.3, 0.4) is 0 Å². The number of hydrogen-bond acceptors (Lipinski definition) is 3. The molecule has 5 aromatic rings. The first-order chi connectivity index (χ1) is 19.3. The van der Waals surface area contributed by atoms with Crippen LogP contribution in [0.1, 0.15) is 44.5 Å². The molecular formula is C37H37N3. The molecule has 0 aliphatic heterocycles. The van der Waals surface area contributed by atoms with Crippen LogP contribution in [-0.2, 0) is 6.42 Å². The third-order valence-electron chi connectivity index (χ3n) is 7.41. The highest BCUT2D eigenvalue weighted by molar-refractivity contribution is 5.85. The molecule has 3 nitrogen and oxygen atoms in total. The summed E-state index contributed by atoms with van der Waals surface area (Å²) in [7, 11) is 0. The van der Waals surface area contributed by atoms with Gasteiger partial charge in [-0.1, -0.05) is 72.3 Å². The van der Waals surface area contributed by atoms with E-state index in [-0.39, 0.29) is 0 Å². The van der Waals surface area contributed by atoms with Crippen LogP contribution in [0, 0.1) is 34.6 Å². The van der Waals surface area contributed by atoms with E-state index in [1.54, 1.807) is 0 Å². The van der Waals surface area contributed by atoms with Crippen molar-refractivity contribution < 1.29 is 0 Å². The summed E-state index contributed by atoms with van der Waals surface area (Å²) in [6.45, 7) is 10.6. The molecule has 0 fully saturated rings. The van der Waals surface area contributed by atoms with Gasteiger partial charge in [0.05, 0.1) is 5.69 Å². The first kappa shape index (κ1) is 27.0. The van der Waals surface area contributed by atoms with Gasteiger partial charge in [-0.3, -0.25) is 4.99 Å². The summed E-state index contributed by atoms with van der Waals surface area (Å²) in [4.78, 5) is 7.18. The lowest BCUT2D eigenvalue weighted by Gasteiger charge is -2.25. The van der Waals surface area contributed by atoms with Crippen molar-refractivity contribution in [2.45, 2.75) is 41.0 Å². The summed E-state index contributed by atoms with van der Waals surface area (Å²) < 4.78 is 0. The highest BCUT2D eigenvalue weighted by Crippen LogP contribution is 2.34. The number of hydrogen-bond donors (Lipinski definition) is 1. The summed E-state index contributed by atoms with van der Waals surface area (Å²) in [5, 5.41) is 0. The molecule has 40 heavy (non-hydrogen) atoms. The Bertz CT molecular complexity index is 1600. The van der Waals surface area contributed by atoms with E-state index in [2.05, 4.69) is 137 Å². The molecule has 0 heterocycles. The number of nitrogens with zero attached hydrogens (tertiary/aromatic N) is 2. The van der Waals surface area contributed by atoms with Crippen LogP contribution in [0.15, 0.2) is 108 Å². The molecule has 0 atom stereocenters. The molecule has 0 aromatic heterocycles. The SMILES string of the molecule is Cc1ccc(N(c2ccccc2)c2ccc(C=Nc3c(C)cc(Cc4cc(C)c(N)c(C)c4)cc3C)cc2)cc1. The molecule has 2 N–H and O–H groups in total. The van der Waals surface area contributed by atoms with Gasteiger partial charge in [0.25, 0.3) is 0 Å². The van der Waals surface area contributed by atoms with Crippen LogP contribution >= 0.6 is 0 Å². The number of nitrogen functional groups attached to an aromatic ring is 1. The number of rotatable bonds is 7. The zero-order valence-electron chi connectivity index (χ0n) is 24.1. The lowest BCUT2D eigenvalue weighted by atomic mass is 9.96. The fourth-order valence-electron chi connectivity index (χ4n) is 5.32. The lowest BCUT2D eigenvalue weighted by Crippen LogP contribution is -2.09. The second-order valence-corrected chi connectivity index (χ2v) is 10.8. The minimum Gasteiger partial charge on any atom is -0.398 e. The predicted molar refractivity (Wildman–Crippen MR) is 172 cm³/mol. The van der Waals surface area contributed by atoms with Crippen molar-refractivity contribution in [3.63, 3.8) is 0 Å². The maximum absolute atomic E-state index is 6.16. The van der Waals surface area contributed by atoms with E-state index in [4.69, 9.17) is 10.7 Å². The normalized spacial score (nSPS) is 11.2. The maximum atomic E-state index is 6.16. The Morgan fingerprint density at radius 2 is 1.07 bits per heavy atom. The monoisotopic (exact) mass is 523 g/mol. The Morgan fingerprint density at radius 1 is 0.600 bits per heavy atom. The van der Waals surface area contributed by atoms with E-state index in [1.165, 1.54) is 27.8 Å². The van der Waals surface area contributed by atoms with E-state index in [0.29, 0.717) is 0 Å². The fourth-order valence-corrected chi connectivity index (χ4v) is 5.32. The van der Waals surface area contributed by atoms with Gasteiger partial charge in [-0.2, -0.15) is 0 Å². The number of nitrogens with two attached hydrogens (primary N) is 1. The van der Waals surface area contributed by atoms with Gasteiger partial charge in [-0.15, -0.1) is 0 Å². The summed E-state index contributed by atoms with van der Waals surface area (Å²) >= 11 is 0. The Balaban J connectivity index is 1.37. The zero-order chi connectivity index (χ0) is 28.2. The van der Waals surface area contributed by atoms with Crippen molar-refractivity contribution in [3.05, 3.63) is 148 Å². The smallest absolute Gasteiger partial charge is 0.0688 e. The van der Waals surface area contributed by atoms with Gasteiger partial charge in [-0.05, 0) is 116 Å². The van der Waals surface area contributed by atoms with Gasteiger partial charge in [-0.25, -0.2) is 0 Å². The van der Waals surface area contributed by atoms with Crippen molar-refractivity contribution in [1.29, 1.82) is 0 Å². The average molecular weight is 524 g/mol. The Hall–Kier alpha value is -4.63. The summed E-state index contributed by atoms with van der Waals surface area (Å²) in [5.41, 5.74) is 21.0. The first-order valence-corrected chi connectivity index (χ1v) is 13.8. The van der Waals surface area contributed by atoms with Crippen molar-refractivity contribution in [1.82, 2.24) is 0 Å². The molecule has 0 amide bonds. The van der Waals surface area contributed by atoms with E-state index in [0.717, 1.165) is 51.5 Å². The number of benzene rings is 5. The van der Waals surface area contributed by atoms with Gasteiger partial charge < -0.3 is 10.6 Å². The molecule has 0 saturated carbocycles. The van der Waals surface area contributed by atoms with E-state index < -0.39 is 0 Å². The lowest BCUT2D eigenvalue weighted by molar-refractivity contribution is 1.15. The van der Waals surface area contributed by atoms with Gasteiger partial charge in [0.1, 0.15) is 0 Å². The number of anilines is 4. The second-order valence-electron chi connectivity index (χ2n) is 10.8. The quantitative estimate of drug-likeness (QED) is 0.170. The average Bonchev–Trinajstić information content (AvgIpc) is 2.94. The van der Waals surface area contributed by atoms with E-state index in [9.17, 15) is 0 Å². The number of para-hydroxylation sites is 1. The number of aryl methyl sites for hydroxylation is 5. The molecule has 5 rings (SSSR count). The Morgan fingerprint density at radius 3 is 1.62 bits per heavy atom. The molecule has 200 valence electrons. The van der Waals surface area contributed by atoms with Crippen molar-refractivity contribution in [2.24, 2.45) is 4.99 Å². The van der Waals surface area contributed by atoms with Crippen LogP contribution in [0.25, 0.3) is 0 Å². The van der Waals surface area contributed by atoms with Gasteiger partial charge in [0.2, 0.25) is 0 Å². The van der Waals surface area contributed by atoms with Crippen LogP contribution in [0.2, 0.25) is 0 Å². The minimum absolute atomic E-state index is 0.883. The van der Waals surface area contributed by atoms with Crippen LogP contribution in [-0.4, -0.2) is 6.21 Å². The van der Waals surface area contributed by atoms with Gasteiger partial charge in [0.15, 0.2) is 0 Å². The van der Waals surface area contributed by atoms with Crippen molar-refractivity contribution in [3.8, 4) is 0 Å². The van der Waals surface area contributed by atoms with E-state index >= 15 is 0 Å². The molecule has 0 spiro atoms. The molecule has 0 unspecified atom stereocenters. The Labute approximate surface area is 238 Å². The molecule has 5 aromatic carbocycles. The second kappa shape index (κ2) is 11.6. The van der Waals surface area contributed by atoms with Crippen LogP contribution in [0.5, 0.6) is 0 Å². The number of aliphatic imine (C=N–C) groups is 1. The largest absolute Gasteiger partial charge is 0.398 e. The summed E-state index contributed by atoms with van der Waals surface area (Å²) in [6.07, 6.45) is 2.85. The molecule has 0 aliphatic rings. The topological polar surface area (TPSA) is 41.6 Å². The van der Waals surface area contributed by atoms with Crippen molar-refractivity contribution >= 4 is 34.7 Å². The molecule has 3 heteroatoms. The predicted octanol–water partition coefficient (Wildman–Crippen LogP) is 9.62. The summed E-state index contributed by atoms with van der Waals surface area (Å²) in [5.74, 6) is 0.